The second-order valence-corrected chi connectivity index (χ2v) is 4.69. The summed E-state index contributed by atoms with van der Waals surface area (Å²) in [6.07, 6.45) is 1.22. The molecule has 0 aromatic carbocycles. The van der Waals surface area contributed by atoms with Crippen LogP contribution >= 0.6 is 11.3 Å². The van der Waals surface area contributed by atoms with Gasteiger partial charge in [0.2, 0.25) is 0 Å². The van der Waals surface area contributed by atoms with Gasteiger partial charge >= 0.3 is 0 Å². The number of hydrogen-bond donors (Lipinski definition) is 2. The Bertz CT molecular complexity index is 276. The van der Waals surface area contributed by atoms with E-state index in [0.717, 1.165) is 13.1 Å². The normalized spacial score (nSPS) is 24.9. The van der Waals surface area contributed by atoms with Crippen molar-refractivity contribution in [3.05, 3.63) is 21.9 Å². The Labute approximate surface area is 83.1 Å². The van der Waals surface area contributed by atoms with Gasteiger partial charge in [0.25, 0.3) is 0 Å². The van der Waals surface area contributed by atoms with Gasteiger partial charge in [-0.1, -0.05) is 0 Å². The second kappa shape index (κ2) is 3.78. The van der Waals surface area contributed by atoms with Gasteiger partial charge in [0, 0.05) is 10.9 Å². The molecule has 0 bridgehead atoms. The van der Waals surface area contributed by atoms with E-state index in [2.05, 4.69) is 23.7 Å². The summed E-state index contributed by atoms with van der Waals surface area (Å²) in [7, 11) is 0. The maximum atomic E-state index is 6.22. The van der Waals surface area contributed by atoms with E-state index >= 15 is 0 Å². The van der Waals surface area contributed by atoms with Crippen molar-refractivity contribution >= 4 is 11.3 Å². The van der Waals surface area contributed by atoms with E-state index < -0.39 is 0 Å². The van der Waals surface area contributed by atoms with Gasteiger partial charge in [-0.05, 0) is 49.4 Å². The van der Waals surface area contributed by atoms with Crippen molar-refractivity contribution in [2.24, 2.45) is 11.7 Å². The summed E-state index contributed by atoms with van der Waals surface area (Å²) in [5.41, 5.74) is 7.57. The van der Waals surface area contributed by atoms with Crippen LogP contribution in [-0.4, -0.2) is 13.1 Å². The second-order valence-electron chi connectivity index (χ2n) is 3.75. The molecule has 2 nitrogen and oxygen atoms in total. The number of aryl methyl sites for hydroxylation is 1. The van der Waals surface area contributed by atoms with Crippen molar-refractivity contribution in [2.45, 2.75) is 19.4 Å². The Hall–Kier alpha value is -0.380. The summed E-state index contributed by atoms with van der Waals surface area (Å²) >= 11 is 1.79. The molecule has 3 N–H and O–H groups in total. The average Bonchev–Trinajstić information content (AvgIpc) is 2.72. The number of nitrogens with two attached hydrogens (primary N) is 1. The van der Waals surface area contributed by atoms with Crippen LogP contribution in [0.2, 0.25) is 0 Å². The third-order valence-electron chi connectivity index (χ3n) is 2.81. The Morgan fingerprint density at radius 2 is 2.54 bits per heavy atom. The highest BCUT2D eigenvalue weighted by Crippen LogP contribution is 2.30. The van der Waals surface area contributed by atoms with Gasteiger partial charge in [-0.2, -0.15) is 0 Å². The van der Waals surface area contributed by atoms with Gasteiger partial charge in [-0.3, -0.25) is 0 Å². The number of hydrogen-bond acceptors (Lipinski definition) is 3. The number of rotatable bonds is 2. The van der Waals surface area contributed by atoms with Crippen LogP contribution in [-0.2, 0) is 0 Å². The van der Waals surface area contributed by atoms with Crippen LogP contribution in [0.3, 0.4) is 0 Å². The van der Waals surface area contributed by atoms with E-state index in [1.807, 2.05) is 0 Å². The summed E-state index contributed by atoms with van der Waals surface area (Å²) in [5, 5.41) is 5.49. The third kappa shape index (κ3) is 1.77. The van der Waals surface area contributed by atoms with Gasteiger partial charge in [0.05, 0.1) is 0 Å². The Morgan fingerprint density at radius 1 is 1.69 bits per heavy atom. The van der Waals surface area contributed by atoms with E-state index in [0.29, 0.717) is 5.92 Å². The highest BCUT2D eigenvalue weighted by atomic mass is 32.1. The lowest BCUT2D eigenvalue weighted by atomic mass is 9.97. The van der Waals surface area contributed by atoms with Gasteiger partial charge in [-0.25, -0.2) is 0 Å². The van der Waals surface area contributed by atoms with Crippen LogP contribution in [0.15, 0.2) is 11.4 Å². The fourth-order valence-corrected chi connectivity index (χ4v) is 2.95. The van der Waals surface area contributed by atoms with Crippen molar-refractivity contribution in [3.8, 4) is 0 Å². The van der Waals surface area contributed by atoms with Crippen LogP contribution in [0, 0.1) is 12.8 Å². The maximum absolute atomic E-state index is 6.22. The minimum Gasteiger partial charge on any atom is -0.323 e. The molecule has 0 saturated carbocycles. The summed E-state index contributed by atoms with van der Waals surface area (Å²) in [6, 6.07) is 2.40. The molecule has 0 radical (unpaired) electrons. The monoisotopic (exact) mass is 196 g/mol. The van der Waals surface area contributed by atoms with Crippen LogP contribution in [0.4, 0.5) is 0 Å². The predicted octanol–water partition coefficient (Wildman–Crippen LogP) is 1.67. The fraction of sp³-hybridized carbons (Fsp3) is 0.600. The van der Waals surface area contributed by atoms with Crippen molar-refractivity contribution in [2.75, 3.05) is 13.1 Å². The smallest absolute Gasteiger partial charge is 0.0433 e. The first-order chi connectivity index (χ1) is 6.29. The van der Waals surface area contributed by atoms with Crippen LogP contribution in [0.25, 0.3) is 0 Å². The van der Waals surface area contributed by atoms with E-state index in [4.69, 9.17) is 5.73 Å². The molecular formula is C10H16N2S. The number of thiophene rings is 1. The summed E-state index contributed by atoms with van der Waals surface area (Å²) in [6.45, 7) is 4.36. The van der Waals surface area contributed by atoms with Gasteiger partial charge in [0.15, 0.2) is 0 Å². The van der Waals surface area contributed by atoms with Crippen molar-refractivity contribution in [1.29, 1.82) is 0 Å². The predicted molar refractivity (Wildman–Crippen MR) is 57.0 cm³/mol. The Morgan fingerprint density at radius 3 is 3.08 bits per heavy atom. The van der Waals surface area contributed by atoms with E-state index in [1.165, 1.54) is 16.9 Å². The zero-order chi connectivity index (χ0) is 9.26. The molecule has 2 unspecified atom stereocenters. The molecule has 1 aromatic rings. The average molecular weight is 196 g/mol. The minimum absolute atomic E-state index is 0.245. The van der Waals surface area contributed by atoms with Crippen LogP contribution in [0.5, 0.6) is 0 Å². The van der Waals surface area contributed by atoms with Crippen molar-refractivity contribution < 1.29 is 0 Å². The highest BCUT2D eigenvalue weighted by molar-refractivity contribution is 7.10. The molecule has 0 spiro atoms. The zero-order valence-corrected chi connectivity index (χ0v) is 8.73. The third-order valence-corrected chi connectivity index (χ3v) is 3.93. The topological polar surface area (TPSA) is 38.0 Å². The van der Waals surface area contributed by atoms with E-state index in [-0.39, 0.29) is 6.04 Å². The molecular weight excluding hydrogens is 180 g/mol. The first-order valence-corrected chi connectivity index (χ1v) is 5.67. The van der Waals surface area contributed by atoms with Crippen LogP contribution < -0.4 is 11.1 Å². The molecule has 1 aromatic heterocycles. The van der Waals surface area contributed by atoms with E-state index in [1.54, 1.807) is 11.3 Å². The standard InChI is InChI=1S/C10H16N2S/c1-7-3-5-13-10(7)9(11)8-2-4-12-6-8/h3,5,8-9,12H,2,4,6,11H2,1H3. The molecule has 2 rings (SSSR count). The molecule has 0 amide bonds. The quantitative estimate of drug-likeness (QED) is 0.755. The molecule has 3 heteroatoms. The van der Waals surface area contributed by atoms with Crippen molar-refractivity contribution in [1.82, 2.24) is 5.32 Å². The van der Waals surface area contributed by atoms with Crippen LogP contribution in [0.1, 0.15) is 22.9 Å². The summed E-state index contributed by atoms with van der Waals surface area (Å²) in [5.74, 6) is 0.636. The summed E-state index contributed by atoms with van der Waals surface area (Å²) in [4.78, 5) is 1.37. The lowest BCUT2D eigenvalue weighted by Crippen LogP contribution is -2.23. The maximum Gasteiger partial charge on any atom is 0.0433 e. The molecule has 13 heavy (non-hydrogen) atoms. The minimum atomic E-state index is 0.245. The molecule has 0 aliphatic carbocycles. The molecule has 1 fully saturated rings. The SMILES string of the molecule is Cc1ccsc1C(N)C1CCNC1. The van der Waals surface area contributed by atoms with Gasteiger partial charge < -0.3 is 11.1 Å². The van der Waals surface area contributed by atoms with Gasteiger partial charge in [0.1, 0.15) is 0 Å². The lowest BCUT2D eigenvalue weighted by molar-refractivity contribution is 0.475. The summed E-state index contributed by atoms with van der Waals surface area (Å²) < 4.78 is 0. The lowest BCUT2D eigenvalue weighted by Gasteiger charge is -2.17. The molecule has 2 heterocycles. The molecule has 1 aliphatic rings. The number of nitrogens with one attached hydrogen (secondary N) is 1. The molecule has 1 aliphatic heterocycles. The molecule has 72 valence electrons. The van der Waals surface area contributed by atoms with Crippen molar-refractivity contribution in [3.63, 3.8) is 0 Å². The molecule has 2 atom stereocenters. The first-order valence-electron chi connectivity index (χ1n) is 4.79. The Balaban J connectivity index is 2.12. The largest absolute Gasteiger partial charge is 0.323 e. The highest BCUT2D eigenvalue weighted by Gasteiger charge is 2.24. The zero-order valence-electron chi connectivity index (χ0n) is 7.92. The fourth-order valence-electron chi connectivity index (χ4n) is 1.92. The first kappa shape index (κ1) is 9.19. The van der Waals surface area contributed by atoms with Gasteiger partial charge in [-0.15, -0.1) is 11.3 Å². The van der Waals surface area contributed by atoms with E-state index in [9.17, 15) is 0 Å². The Kier molecular flexibility index (Phi) is 2.67. The molecule has 1 saturated heterocycles.